The SMILES string of the molecule is CCCCCCCCCCCC(=O)C(O)C(=O)[C@@H](O)[C@H](O)[C@H](O)CO. The molecule has 0 aromatic rings. The smallest absolute Gasteiger partial charge is 0.199 e. The number of aliphatic hydroxyl groups excluding tert-OH is 5. The third-order valence-corrected chi connectivity index (χ3v) is 4.30. The van der Waals surface area contributed by atoms with E-state index in [0.717, 1.165) is 19.3 Å². The van der Waals surface area contributed by atoms with E-state index in [-0.39, 0.29) is 6.42 Å². The van der Waals surface area contributed by atoms with E-state index < -0.39 is 42.6 Å². The van der Waals surface area contributed by atoms with Crippen LogP contribution in [0, 0.1) is 0 Å². The van der Waals surface area contributed by atoms with E-state index in [1.165, 1.54) is 32.1 Å². The van der Waals surface area contributed by atoms with Crippen molar-refractivity contribution in [3.8, 4) is 0 Å². The van der Waals surface area contributed by atoms with Gasteiger partial charge in [0.1, 0.15) is 18.3 Å². The molecule has 25 heavy (non-hydrogen) atoms. The lowest BCUT2D eigenvalue weighted by Crippen LogP contribution is -2.49. The second-order valence-corrected chi connectivity index (χ2v) is 6.53. The molecule has 0 heterocycles. The Morgan fingerprint density at radius 3 is 1.76 bits per heavy atom. The first-order valence-electron chi connectivity index (χ1n) is 9.26. The second kappa shape index (κ2) is 14.3. The Kier molecular flexibility index (Phi) is 13.8. The molecule has 0 aromatic heterocycles. The molecule has 7 heteroatoms. The summed E-state index contributed by atoms with van der Waals surface area (Å²) in [5.74, 6) is -1.97. The molecule has 0 saturated carbocycles. The molecule has 0 aliphatic heterocycles. The molecule has 0 aromatic carbocycles. The summed E-state index contributed by atoms with van der Waals surface area (Å²) in [4.78, 5) is 23.5. The zero-order valence-corrected chi connectivity index (χ0v) is 15.1. The molecule has 0 aliphatic rings. The number of carbonyl (C=O) groups excluding carboxylic acids is 2. The summed E-state index contributed by atoms with van der Waals surface area (Å²) >= 11 is 0. The molecule has 0 aliphatic carbocycles. The summed E-state index contributed by atoms with van der Waals surface area (Å²) in [6.45, 7) is 1.32. The number of hydrogen-bond donors (Lipinski definition) is 5. The first kappa shape index (κ1) is 24.1. The molecular formula is C18H34O7. The lowest BCUT2D eigenvalue weighted by Gasteiger charge is -2.22. The van der Waals surface area contributed by atoms with Crippen LogP contribution in [0.25, 0.3) is 0 Å². The predicted octanol–water partition coefficient (Wildman–Crippen LogP) is 0.481. The van der Waals surface area contributed by atoms with Crippen LogP contribution in [0.4, 0.5) is 0 Å². The fourth-order valence-corrected chi connectivity index (χ4v) is 2.55. The van der Waals surface area contributed by atoms with E-state index in [9.17, 15) is 30.0 Å². The summed E-state index contributed by atoms with van der Waals surface area (Å²) in [5, 5.41) is 46.5. The van der Waals surface area contributed by atoms with E-state index in [2.05, 4.69) is 6.92 Å². The molecule has 0 fully saturated rings. The predicted molar refractivity (Wildman–Crippen MR) is 93.0 cm³/mol. The van der Waals surface area contributed by atoms with Gasteiger partial charge in [-0.1, -0.05) is 58.3 Å². The van der Waals surface area contributed by atoms with Crippen molar-refractivity contribution in [2.75, 3.05) is 6.61 Å². The third kappa shape index (κ3) is 10.0. The number of hydrogen-bond acceptors (Lipinski definition) is 7. The van der Waals surface area contributed by atoms with Crippen molar-refractivity contribution < 1.29 is 35.1 Å². The fraction of sp³-hybridized carbons (Fsp3) is 0.889. The van der Waals surface area contributed by atoms with Gasteiger partial charge in [-0.25, -0.2) is 0 Å². The highest BCUT2D eigenvalue weighted by molar-refractivity contribution is 6.06. The molecule has 0 bridgehead atoms. The van der Waals surface area contributed by atoms with Crippen molar-refractivity contribution in [3.63, 3.8) is 0 Å². The van der Waals surface area contributed by atoms with Crippen LogP contribution in [0.15, 0.2) is 0 Å². The van der Waals surface area contributed by atoms with Gasteiger partial charge in [-0.3, -0.25) is 9.59 Å². The summed E-state index contributed by atoms with van der Waals surface area (Å²) in [6.07, 6.45) is 1.80. The van der Waals surface area contributed by atoms with Crippen LogP contribution < -0.4 is 0 Å². The summed E-state index contributed by atoms with van der Waals surface area (Å²) in [6, 6.07) is 0. The van der Waals surface area contributed by atoms with E-state index in [1.807, 2.05) is 0 Å². The first-order valence-corrected chi connectivity index (χ1v) is 9.26. The maximum absolute atomic E-state index is 11.8. The minimum Gasteiger partial charge on any atom is -0.394 e. The van der Waals surface area contributed by atoms with Crippen LogP contribution in [-0.2, 0) is 9.59 Å². The lowest BCUT2D eigenvalue weighted by atomic mass is 9.96. The average molecular weight is 362 g/mol. The van der Waals surface area contributed by atoms with Crippen LogP contribution in [-0.4, -0.2) is 68.1 Å². The standard InChI is InChI=1S/C18H34O7/c1-2-3-4-5-6-7-8-9-10-11-13(20)15(22)17(24)18(25)16(23)14(21)12-19/h14-16,18-19,21-23,25H,2-12H2,1H3/t14-,15?,16-,18+/m1/s1. The Bertz CT molecular complexity index is 372. The van der Waals surface area contributed by atoms with Gasteiger partial charge in [-0.05, 0) is 6.42 Å². The van der Waals surface area contributed by atoms with Crippen molar-refractivity contribution in [2.45, 2.75) is 95.5 Å². The number of rotatable bonds is 16. The average Bonchev–Trinajstić information content (AvgIpc) is 2.63. The van der Waals surface area contributed by atoms with Gasteiger partial charge in [0.05, 0.1) is 6.61 Å². The molecule has 4 atom stereocenters. The van der Waals surface area contributed by atoms with Gasteiger partial charge >= 0.3 is 0 Å². The summed E-state index contributed by atoms with van der Waals surface area (Å²) < 4.78 is 0. The highest BCUT2D eigenvalue weighted by Crippen LogP contribution is 2.12. The monoisotopic (exact) mass is 362 g/mol. The summed E-state index contributed by atoms with van der Waals surface area (Å²) in [7, 11) is 0. The molecule has 7 nitrogen and oxygen atoms in total. The molecule has 0 spiro atoms. The number of ketones is 2. The van der Waals surface area contributed by atoms with Crippen molar-refractivity contribution in [1.82, 2.24) is 0 Å². The van der Waals surface area contributed by atoms with Crippen LogP contribution in [0.5, 0.6) is 0 Å². The topological polar surface area (TPSA) is 135 Å². The first-order chi connectivity index (χ1) is 11.9. The van der Waals surface area contributed by atoms with Gasteiger partial charge in [0, 0.05) is 6.42 Å². The highest BCUT2D eigenvalue weighted by Gasteiger charge is 2.36. The zero-order chi connectivity index (χ0) is 19.2. The van der Waals surface area contributed by atoms with Crippen molar-refractivity contribution >= 4 is 11.6 Å². The van der Waals surface area contributed by atoms with Gasteiger partial charge < -0.3 is 25.5 Å². The normalized spacial score (nSPS) is 16.2. The van der Waals surface area contributed by atoms with Crippen LogP contribution in [0.2, 0.25) is 0 Å². The van der Waals surface area contributed by atoms with E-state index in [0.29, 0.717) is 6.42 Å². The lowest BCUT2D eigenvalue weighted by molar-refractivity contribution is -0.153. The molecule has 0 saturated heterocycles. The minimum absolute atomic E-state index is 0.0219. The Morgan fingerprint density at radius 1 is 0.800 bits per heavy atom. The van der Waals surface area contributed by atoms with E-state index in [4.69, 9.17) is 5.11 Å². The highest BCUT2D eigenvalue weighted by atomic mass is 16.4. The molecule has 1 unspecified atom stereocenters. The Balaban J connectivity index is 3.96. The molecule has 0 rings (SSSR count). The van der Waals surface area contributed by atoms with E-state index >= 15 is 0 Å². The largest absolute Gasteiger partial charge is 0.394 e. The van der Waals surface area contributed by atoms with Gasteiger partial charge in [-0.2, -0.15) is 0 Å². The second-order valence-electron chi connectivity index (χ2n) is 6.53. The maximum Gasteiger partial charge on any atom is 0.199 e. The van der Waals surface area contributed by atoms with Crippen molar-refractivity contribution in [2.24, 2.45) is 0 Å². The Morgan fingerprint density at radius 2 is 1.28 bits per heavy atom. The minimum atomic E-state index is -2.12. The Labute approximate surface area is 149 Å². The van der Waals surface area contributed by atoms with E-state index in [1.54, 1.807) is 0 Å². The number of carbonyl (C=O) groups is 2. The third-order valence-electron chi connectivity index (χ3n) is 4.30. The van der Waals surface area contributed by atoms with Gasteiger partial charge in [0.2, 0.25) is 0 Å². The molecule has 148 valence electrons. The molecule has 5 N–H and O–H groups in total. The maximum atomic E-state index is 11.8. The van der Waals surface area contributed by atoms with Gasteiger partial charge in [0.15, 0.2) is 17.7 Å². The number of aliphatic hydroxyl groups is 5. The summed E-state index contributed by atoms with van der Waals surface area (Å²) in [5.41, 5.74) is 0. The Hall–Kier alpha value is -0.860. The quantitative estimate of drug-likeness (QED) is 0.199. The van der Waals surface area contributed by atoms with Crippen molar-refractivity contribution in [3.05, 3.63) is 0 Å². The van der Waals surface area contributed by atoms with Crippen LogP contribution in [0.1, 0.15) is 71.1 Å². The number of unbranched alkanes of at least 4 members (excludes halogenated alkanes) is 8. The molecule has 0 amide bonds. The molecular weight excluding hydrogens is 328 g/mol. The number of Topliss-reactive ketones (excluding diaryl/α,β-unsaturated/α-hetero) is 2. The molecule has 0 radical (unpaired) electrons. The van der Waals surface area contributed by atoms with Crippen molar-refractivity contribution in [1.29, 1.82) is 0 Å². The zero-order valence-electron chi connectivity index (χ0n) is 15.1. The van der Waals surface area contributed by atoms with Crippen LogP contribution >= 0.6 is 0 Å². The fourth-order valence-electron chi connectivity index (χ4n) is 2.55. The van der Waals surface area contributed by atoms with Crippen LogP contribution in [0.3, 0.4) is 0 Å². The van der Waals surface area contributed by atoms with Gasteiger partial charge in [-0.15, -0.1) is 0 Å². The van der Waals surface area contributed by atoms with Gasteiger partial charge in [0.25, 0.3) is 0 Å².